The lowest BCUT2D eigenvalue weighted by Gasteiger charge is -2.11. The molecule has 4 rings (SSSR count). The molecule has 1 fully saturated rings. The van der Waals surface area contributed by atoms with E-state index in [1.54, 1.807) is 6.20 Å². The van der Waals surface area contributed by atoms with Crippen LogP contribution in [0.15, 0.2) is 29.5 Å². The van der Waals surface area contributed by atoms with E-state index in [0.717, 1.165) is 33.3 Å². The van der Waals surface area contributed by atoms with Gasteiger partial charge in [-0.1, -0.05) is 6.08 Å². The molecule has 25 heavy (non-hydrogen) atoms. The Bertz CT molecular complexity index is 1010. The molecule has 0 amide bonds. The molecule has 1 aliphatic carbocycles. The molecule has 3 aromatic rings. The van der Waals surface area contributed by atoms with E-state index in [9.17, 15) is 0 Å². The van der Waals surface area contributed by atoms with Gasteiger partial charge in [-0.2, -0.15) is 0 Å². The van der Waals surface area contributed by atoms with Crippen molar-refractivity contribution in [3.05, 3.63) is 47.2 Å². The van der Waals surface area contributed by atoms with Crippen molar-refractivity contribution in [2.45, 2.75) is 32.6 Å². The van der Waals surface area contributed by atoms with Gasteiger partial charge in [0.25, 0.3) is 0 Å². The summed E-state index contributed by atoms with van der Waals surface area (Å²) in [5.41, 5.74) is 11.1. The van der Waals surface area contributed by atoms with Gasteiger partial charge in [0, 0.05) is 28.4 Å². The summed E-state index contributed by atoms with van der Waals surface area (Å²) in [5, 5.41) is 0.934. The monoisotopic (exact) mass is 332 g/mol. The summed E-state index contributed by atoms with van der Waals surface area (Å²) in [4.78, 5) is 21.0. The minimum atomic E-state index is 0.504. The molecule has 0 aromatic carbocycles. The van der Waals surface area contributed by atoms with E-state index in [4.69, 9.17) is 10.7 Å². The van der Waals surface area contributed by atoms with Crippen LogP contribution in [0.5, 0.6) is 0 Å². The summed E-state index contributed by atoms with van der Waals surface area (Å²) in [5.74, 6) is 2.32. The molecular weight excluding hydrogens is 312 g/mol. The van der Waals surface area contributed by atoms with Crippen molar-refractivity contribution < 1.29 is 0 Å². The smallest absolute Gasteiger partial charge is 0.162 e. The summed E-state index contributed by atoms with van der Waals surface area (Å²) in [6.45, 7) is 7.57. The lowest BCUT2D eigenvalue weighted by Crippen LogP contribution is -2.03. The lowest BCUT2D eigenvalue weighted by atomic mass is 10.1. The molecule has 0 atom stereocenters. The highest BCUT2D eigenvalue weighted by atomic mass is 15.0. The van der Waals surface area contributed by atoms with E-state index in [1.807, 2.05) is 32.2 Å². The fraction of sp³-hybridized carbons (Fsp3) is 0.263. The van der Waals surface area contributed by atoms with Gasteiger partial charge in [-0.25, -0.2) is 15.0 Å². The number of aliphatic imine (C=N–C) groups is 1. The first-order valence-electron chi connectivity index (χ1n) is 8.37. The first-order valence-corrected chi connectivity index (χ1v) is 8.37. The van der Waals surface area contributed by atoms with Crippen molar-refractivity contribution in [2.24, 2.45) is 4.99 Å². The van der Waals surface area contributed by atoms with Crippen LogP contribution < -0.4 is 5.73 Å². The van der Waals surface area contributed by atoms with Crippen molar-refractivity contribution in [1.29, 1.82) is 0 Å². The van der Waals surface area contributed by atoms with Gasteiger partial charge in [-0.15, -0.1) is 0 Å². The predicted octanol–water partition coefficient (Wildman–Crippen LogP) is 3.90. The summed E-state index contributed by atoms with van der Waals surface area (Å²) in [6, 6.07) is 2.02. The van der Waals surface area contributed by atoms with Crippen LogP contribution in [0, 0.1) is 6.92 Å². The number of aryl methyl sites for hydroxylation is 1. The van der Waals surface area contributed by atoms with Crippen molar-refractivity contribution >= 4 is 34.8 Å². The number of anilines is 1. The molecule has 1 saturated carbocycles. The van der Waals surface area contributed by atoms with Crippen molar-refractivity contribution in [2.75, 3.05) is 5.73 Å². The van der Waals surface area contributed by atoms with Gasteiger partial charge in [-0.05, 0) is 51.0 Å². The third-order valence-electron chi connectivity index (χ3n) is 4.59. The van der Waals surface area contributed by atoms with E-state index in [0.29, 0.717) is 23.4 Å². The van der Waals surface area contributed by atoms with Gasteiger partial charge in [-0.3, -0.25) is 4.98 Å². The van der Waals surface area contributed by atoms with Crippen LogP contribution in [0.2, 0.25) is 0 Å². The summed E-state index contributed by atoms with van der Waals surface area (Å²) >= 11 is 0. The number of nitrogens with two attached hydrogens (primary N) is 1. The first-order chi connectivity index (χ1) is 12.1. The number of aromatic amines is 1. The SMILES string of the molecule is C=Nc1[nH]c(C)cc1/C(=C\C)c1nc(N)c2c(C3CC3)cncc2n1. The maximum atomic E-state index is 6.32. The number of fused-ring (bicyclic) bond motifs is 1. The third kappa shape index (κ3) is 2.59. The predicted molar refractivity (Wildman–Crippen MR) is 101 cm³/mol. The van der Waals surface area contributed by atoms with Crippen LogP contribution in [0.3, 0.4) is 0 Å². The van der Waals surface area contributed by atoms with E-state index in [2.05, 4.69) is 26.7 Å². The molecule has 0 saturated heterocycles. The second-order valence-electron chi connectivity index (χ2n) is 6.40. The van der Waals surface area contributed by atoms with Crippen LogP contribution >= 0.6 is 0 Å². The van der Waals surface area contributed by atoms with Gasteiger partial charge < -0.3 is 10.7 Å². The minimum absolute atomic E-state index is 0.504. The maximum absolute atomic E-state index is 6.32. The van der Waals surface area contributed by atoms with Crippen LogP contribution in [0.25, 0.3) is 16.5 Å². The minimum Gasteiger partial charge on any atom is -0.383 e. The van der Waals surface area contributed by atoms with Crippen LogP contribution in [-0.4, -0.2) is 26.7 Å². The van der Waals surface area contributed by atoms with E-state index >= 15 is 0 Å². The number of hydrogen-bond donors (Lipinski definition) is 2. The molecule has 0 bridgehead atoms. The van der Waals surface area contributed by atoms with Gasteiger partial charge in [0.05, 0.1) is 11.7 Å². The van der Waals surface area contributed by atoms with Crippen molar-refractivity contribution in [3.63, 3.8) is 0 Å². The molecule has 1 aliphatic rings. The van der Waals surface area contributed by atoms with Crippen molar-refractivity contribution in [1.82, 2.24) is 19.9 Å². The number of rotatable bonds is 4. The Morgan fingerprint density at radius 3 is 2.84 bits per heavy atom. The van der Waals surface area contributed by atoms with E-state index in [-0.39, 0.29) is 0 Å². The number of hydrogen-bond acceptors (Lipinski definition) is 5. The largest absolute Gasteiger partial charge is 0.383 e. The highest BCUT2D eigenvalue weighted by Gasteiger charge is 2.27. The molecule has 0 spiro atoms. The van der Waals surface area contributed by atoms with E-state index in [1.165, 1.54) is 12.8 Å². The molecule has 0 unspecified atom stereocenters. The van der Waals surface area contributed by atoms with Crippen LogP contribution in [0.4, 0.5) is 11.6 Å². The Labute approximate surface area is 145 Å². The van der Waals surface area contributed by atoms with Crippen LogP contribution in [-0.2, 0) is 0 Å². The van der Waals surface area contributed by atoms with Gasteiger partial charge in [0.15, 0.2) is 5.82 Å². The standard InChI is InChI=1S/C19H20N6/c1-4-12(13-7-10(2)23-18(13)21-3)19-24-15-9-22-8-14(11-5-6-11)16(15)17(20)25-19/h4,7-9,11,23H,3,5-6H2,1-2H3,(H2,20,24,25)/b12-4+. The highest BCUT2D eigenvalue weighted by Crippen LogP contribution is 2.43. The molecule has 126 valence electrons. The Kier molecular flexibility index (Phi) is 3.60. The summed E-state index contributed by atoms with van der Waals surface area (Å²) in [7, 11) is 0. The highest BCUT2D eigenvalue weighted by molar-refractivity contribution is 5.93. The fourth-order valence-electron chi connectivity index (χ4n) is 3.27. The molecular formula is C19H20N6. The average molecular weight is 332 g/mol. The summed E-state index contributed by atoms with van der Waals surface area (Å²) < 4.78 is 0. The Hall–Kier alpha value is -3.02. The topological polar surface area (TPSA) is 92.8 Å². The number of nitrogen functional groups attached to an aromatic ring is 1. The number of nitrogens with one attached hydrogen (secondary N) is 1. The number of nitrogens with zero attached hydrogens (tertiary/aromatic N) is 4. The molecule has 6 heteroatoms. The lowest BCUT2D eigenvalue weighted by molar-refractivity contribution is 1.09. The molecule has 3 heterocycles. The van der Waals surface area contributed by atoms with Gasteiger partial charge in [0.1, 0.15) is 11.6 Å². The zero-order chi connectivity index (χ0) is 17.6. The zero-order valence-corrected chi connectivity index (χ0v) is 14.4. The zero-order valence-electron chi connectivity index (χ0n) is 14.4. The number of aromatic nitrogens is 4. The Balaban J connectivity index is 1.90. The number of allylic oxidation sites excluding steroid dienone is 1. The van der Waals surface area contributed by atoms with Crippen LogP contribution in [0.1, 0.15) is 48.3 Å². The molecule has 0 radical (unpaired) electrons. The molecule has 3 aromatic heterocycles. The maximum Gasteiger partial charge on any atom is 0.162 e. The van der Waals surface area contributed by atoms with Gasteiger partial charge in [0.2, 0.25) is 0 Å². The third-order valence-corrected chi connectivity index (χ3v) is 4.59. The quantitative estimate of drug-likeness (QED) is 0.709. The normalized spacial score (nSPS) is 14.9. The Morgan fingerprint density at radius 1 is 1.36 bits per heavy atom. The summed E-state index contributed by atoms with van der Waals surface area (Å²) in [6.07, 6.45) is 7.98. The number of H-pyrrole nitrogens is 1. The fourth-order valence-corrected chi connectivity index (χ4v) is 3.27. The Morgan fingerprint density at radius 2 is 2.16 bits per heavy atom. The van der Waals surface area contributed by atoms with E-state index < -0.39 is 0 Å². The first kappa shape index (κ1) is 15.5. The number of pyridine rings is 1. The second-order valence-corrected chi connectivity index (χ2v) is 6.40. The van der Waals surface area contributed by atoms with Gasteiger partial charge >= 0.3 is 0 Å². The average Bonchev–Trinajstić information content (AvgIpc) is 3.38. The van der Waals surface area contributed by atoms with Crippen molar-refractivity contribution in [3.8, 4) is 0 Å². The molecule has 3 N–H and O–H groups in total. The second kappa shape index (κ2) is 5.81. The molecule has 0 aliphatic heterocycles. The molecule has 6 nitrogen and oxygen atoms in total.